The molecule has 0 amide bonds. The third kappa shape index (κ3) is 9.48. The molecule has 0 radical (unpaired) electrons. The largest absolute Gasteiger partial charge is 0.462 e. The fourth-order valence-electron chi connectivity index (χ4n) is 1.03. The SMILES string of the molecule is CC(C)OC(=O)CNCCCCCO. The van der Waals surface area contributed by atoms with Crippen molar-refractivity contribution in [3.8, 4) is 0 Å². The molecule has 0 aliphatic rings. The molecule has 14 heavy (non-hydrogen) atoms. The molecule has 2 N–H and O–H groups in total. The number of ether oxygens (including phenoxy) is 1. The number of aliphatic hydroxyl groups excluding tert-OH is 1. The van der Waals surface area contributed by atoms with Crippen molar-refractivity contribution in [3.05, 3.63) is 0 Å². The van der Waals surface area contributed by atoms with Crippen LogP contribution in [0.1, 0.15) is 33.1 Å². The van der Waals surface area contributed by atoms with Gasteiger partial charge in [-0.2, -0.15) is 0 Å². The number of esters is 1. The van der Waals surface area contributed by atoms with E-state index in [1.807, 2.05) is 13.8 Å². The van der Waals surface area contributed by atoms with Crippen LogP contribution in [-0.4, -0.2) is 36.9 Å². The van der Waals surface area contributed by atoms with Crippen molar-refractivity contribution in [2.45, 2.75) is 39.2 Å². The smallest absolute Gasteiger partial charge is 0.320 e. The van der Waals surface area contributed by atoms with Gasteiger partial charge in [0.2, 0.25) is 0 Å². The molecule has 0 saturated heterocycles. The van der Waals surface area contributed by atoms with Crippen LogP contribution in [0.3, 0.4) is 0 Å². The summed E-state index contributed by atoms with van der Waals surface area (Å²) in [5.74, 6) is -0.206. The lowest BCUT2D eigenvalue weighted by atomic mass is 10.2. The van der Waals surface area contributed by atoms with Gasteiger partial charge in [0.15, 0.2) is 0 Å². The van der Waals surface area contributed by atoms with Crippen molar-refractivity contribution >= 4 is 5.97 Å². The zero-order valence-corrected chi connectivity index (χ0v) is 9.08. The highest BCUT2D eigenvalue weighted by atomic mass is 16.5. The molecule has 0 unspecified atom stereocenters. The van der Waals surface area contributed by atoms with E-state index >= 15 is 0 Å². The normalized spacial score (nSPS) is 10.6. The maximum atomic E-state index is 11.0. The monoisotopic (exact) mass is 203 g/mol. The predicted molar refractivity (Wildman–Crippen MR) is 55.0 cm³/mol. The Morgan fingerprint density at radius 3 is 2.64 bits per heavy atom. The van der Waals surface area contributed by atoms with Crippen LogP contribution in [-0.2, 0) is 9.53 Å². The minimum absolute atomic E-state index is 0.0429. The number of carbonyl (C=O) groups is 1. The lowest BCUT2D eigenvalue weighted by Crippen LogP contribution is -2.27. The first-order valence-electron chi connectivity index (χ1n) is 5.18. The third-order valence-electron chi connectivity index (χ3n) is 1.65. The van der Waals surface area contributed by atoms with E-state index in [-0.39, 0.29) is 25.2 Å². The van der Waals surface area contributed by atoms with Gasteiger partial charge in [0.1, 0.15) is 0 Å². The van der Waals surface area contributed by atoms with Gasteiger partial charge < -0.3 is 15.2 Å². The van der Waals surface area contributed by atoms with Crippen LogP contribution in [0.2, 0.25) is 0 Å². The summed E-state index contributed by atoms with van der Waals surface area (Å²) in [7, 11) is 0. The summed E-state index contributed by atoms with van der Waals surface area (Å²) >= 11 is 0. The molecule has 0 aromatic heterocycles. The summed E-state index contributed by atoms with van der Waals surface area (Å²) in [6.45, 7) is 4.98. The Morgan fingerprint density at radius 2 is 2.07 bits per heavy atom. The van der Waals surface area contributed by atoms with Crippen molar-refractivity contribution in [3.63, 3.8) is 0 Å². The van der Waals surface area contributed by atoms with Crippen molar-refractivity contribution < 1.29 is 14.6 Å². The standard InChI is InChI=1S/C10H21NO3/c1-9(2)14-10(13)8-11-6-4-3-5-7-12/h9,11-12H,3-8H2,1-2H3. The first-order valence-corrected chi connectivity index (χ1v) is 5.18. The second-order valence-electron chi connectivity index (χ2n) is 3.50. The molecule has 4 nitrogen and oxygen atoms in total. The zero-order valence-electron chi connectivity index (χ0n) is 9.08. The summed E-state index contributed by atoms with van der Waals surface area (Å²) in [5.41, 5.74) is 0. The first-order chi connectivity index (χ1) is 6.66. The lowest BCUT2D eigenvalue weighted by Gasteiger charge is -2.08. The van der Waals surface area contributed by atoms with Gasteiger partial charge in [-0.15, -0.1) is 0 Å². The van der Waals surface area contributed by atoms with Crippen LogP contribution in [0.15, 0.2) is 0 Å². The molecule has 0 rings (SSSR count). The number of hydrogen-bond acceptors (Lipinski definition) is 4. The number of carbonyl (C=O) groups excluding carboxylic acids is 1. The van der Waals surface area contributed by atoms with Crippen LogP contribution >= 0.6 is 0 Å². The van der Waals surface area contributed by atoms with Gasteiger partial charge in [0.05, 0.1) is 12.6 Å². The molecule has 0 aliphatic heterocycles. The fourth-order valence-corrected chi connectivity index (χ4v) is 1.03. The highest BCUT2D eigenvalue weighted by Crippen LogP contribution is 1.92. The van der Waals surface area contributed by atoms with Crippen LogP contribution in [0.25, 0.3) is 0 Å². The molecule has 0 spiro atoms. The van der Waals surface area contributed by atoms with E-state index in [1.165, 1.54) is 0 Å². The molecule has 0 bridgehead atoms. The van der Waals surface area contributed by atoms with Gasteiger partial charge in [0.25, 0.3) is 0 Å². The maximum Gasteiger partial charge on any atom is 0.320 e. The lowest BCUT2D eigenvalue weighted by molar-refractivity contribution is -0.146. The summed E-state index contributed by atoms with van der Waals surface area (Å²) in [6.07, 6.45) is 2.76. The molecule has 0 saturated carbocycles. The van der Waals surface area contributed by atoms with Crippen molar-refractivity contribution in [1.29, 1.82) is 0 Å². The fraction of sp³-hybridized carbons (Fsp3) is 0.900. The first kappa shape index (κ1) is 13.4. The van der Waals surface area contributed by atoms with Crippen molar-refractivity contribution in [2.24, 2.45) is 0 Å². The van der Waals surface area contributed by atoms with E-state index in [9.17, 15) is 4.79 Å². The highest BCUT2D eigenvalue weighted by molar-refractivity contribution is 5.71. The Labute approximate surface area is 85.6 Å². The van der Waals surface area contributed by atoms with Gasteiger partial charge in [-0.1, -0.05) is 0 Å². The van der Waals surface area contributed by atoms with E-state index in [1.54, 1.807) is 0 Å². The second-order valence-corrected chi connectivity index (χ2v) is 3.50. The zero-order chi connectivity index (χ0) is 10.8. The van der Waals surface area contributed by atoms with Crippen LogP contribution in [0, 0.1) is 0 Å². The average Bonchev–Trinajstić information content (AvgIpc) is 2.10. The van der Waals surface area contributed by atoms with Crippen molar-refractivity contribution in [1.82, 2.24) is 5.32 Å². The van der Waals surface area contributed by atoms with Gasteiger partial charge in [-0.05, 0) is 39.7 Å². The molecule has 0 aromatic carbocycles. The second kappa shape index (κ2) is 8.97. The maximum absolute atomic E-state index is 11.0. The minimum Gasteiger partial charge on any atom is -0.462 e. The summed E-state index contributed by atoms with van der Waals surface area (Å²) in [5, 5.41) is 11.5. The Hall–Kier alpha value is -0.610. The molecule has 84 valence electrons. The van der Waals surface area contributed by atoms with E-state index in [2.05, 4.69) is 5.32 Å². The topological polar surface area (TPSA) is 58.6 Å². The molecule has 0 heterocycles. The predicted octanol–water partition coefficient (Wildman–Crippen LogP) is 0.690. The number of rotatable bonds is 8. The van der Waals surface area contributed by atoms with Crippen LogP contribution in [0.4, 0.5) is 0 Å². The number of aliphatic hydroxyl groups is 1. The van der Waals surface area contributed by atoms with Crippen LogP contribution < -0.4 is 5.32 Å². The Morgan fingerprint density at radius 1 is 1.36 bits per heavy atom. The molecular weight excluding hydrogens is 182 g/mol. The Bertz CT molecular complexity index is 148. The van der Waals surface area contributed by atoms with Gasteiger partial charge in [-0.3, -0.25) is 4.79 Å². The summed E-state index contributed by atoms with van der Waals surface area (Å²) < 4.78 is 4.94. The Balaban J connectivity index is 3.15. The Kier molecular flexibility index (Phi) is 8.57. The minimum atomic E-state index is -0.206. The molecule has 0 aliphatic carbocycles. The van der Waals surface area contributed by atoms with E-state index in [4.69, 9.17) is 9.84 Å². The quantitative estimate of drug-likeness (QED) is 0.450. The summed E-state index contributed by atoms with van der Waals surface area (Å²) in [4.78, 5) is 11.0. The van der Waals surface area contributed by atoms with Crippen molar-refractivity contribution in [2.75, 3.05) is 19.7 Å². The molecule has 0 aromatic rings. The van der Waals surface area contributed by atoms with Gasteiger partial charge in [0, 0.05) is 6.61 Å². The van der Waals surface area contributed by atoms with Gasteiger partial charge in [-0.25, -0.2) is 0 Å². The molecule has 0 fully saturated rings. The third-order valence-corrected chi connectivity index (χ3v) is 1.65. The average molecular weight is 203 g/mol. The molecule has 4 heteroatoms. The van der Waals surface area contributed by atoms with E-state index in [0.717, 1.165) is 25.8 Å². The van der Waals surface area contributed by atoms with Crippen LogP contribution in [0.5, 0.6) is 0 Å². The highest BCUT2D eigenvalue weighted by Gasteiger charge is 2.03. The number of hydrogen-bond donors (Lipinski definition) is 2. The van der Waals surface area contributed by atoms with Gasteiger partial charge >= 0.3 is 5.97 Å². The van der Waals surface area contributed by atoms with E-state index < -0.39 is 0 Å². The number of nitrogens with one attached hydrogen (secondary N) is 1. The number of unbranched alkanes of at least 4 members (excludes halogenated alkanes) is 2. The summed E-state index contributed by atoms with van der Waals surface area (Å²) in [6, 6.07) is 0. The molecule has 0 atom stereocenters. The van der Waals surface area contributed by atoms with E-state index in [0.29, 0.717) is 0 Å². The molecular formula is C10H21NO3.